The van der Waals surface area contributed by atoms with Gasteiger partial charge in [0.15, 0.2) is 0 Å². The summed E-state index contributed by atoms with van der Waals surface area (Å²) < 4.78 is 23.4. The number of carbonyl (C=O) groups excluding carboxylic acids is 1. The number of aliphatic hydroxyl groups is 1. The number of likely N-dealkylation sites (N-methyl/N-ethyl adjacent to an activating group) is 1. The zero-order valence-corrected chi connectivity index (χ0v) is 50.6. The molecule has 0 saturated heterocycles. The van der Waals surface area contributed by atoms with Gasteiger partial charge in [0.1, 0.15) is 13.2 Å². The number of carbonyl (C=O) groups is 1. The number of amides is 1. The molecule has 75 heavy (non-hydrogen) atoms. The van der Waals surface area contributed by atoms with Gasteiger partial charge in [-0.3, -0.25) is 9.36 Å². The Kier molecular flexibility index (Phi) is 54.7. The molecule has 0 fully saturated rings. The molecule has 0 aromatic rings. The van der Waals surface area contributed by atoms with Crippen LogP contribution in [0.15, 0.2) is 85.1 Å². The van der Waals surface area contributed by atoms with E-state index in [9.17, 15) is 19.4 Å². The molecular weight excluding hydrogens is 948 g/mol. The van der Waals surface area contributed by atoms with Gasteiger partial charge in [-0.25, -0.2) is 0 Å². The molecule has 0 aliphatic rings. The average molecular weight is 1070 g/mol. The normalized spacial score (nSPS) is 14.4. The SMILES string of the molecule is CC/C=C\C/C=C\C/C=C\C/C=C\C/C=C\CCCCCCCC(=O)NC(COP(=O)([O-])OCC[N+](C)(C)C)C(O)/C=C/CC/C=C/CCCCCCCCCCCCCCCCCCCCCCCCCCCC. The number of unbranched alkanes of at least 4 members (excludes halogenated alkanes) is 32. The molecule has 0 aliphatic carbocycles. The van der Waals surface area contributed by atoms with Gasteiger partial charge >= 0.3 is 0 Å². The molecule has 1 amide bonds. The summed E-state index contributed by atoms with van der Waals surface area (Å²) >= 11 is 0. The molecule has 9 heteroatoms. The molecule has 3 unspecified atom stereocenters. The second-order valence-electron chi connectivity index (χ2n) is 22.4. The van der Waals surface area contributed by atoms with Gasteiger partial charge in [-0.15, -0.1) is 0 Å². The van der Waals surface area contributed by atoms with Crippen molar-refractivity contribution in [1.29, 1.82) is 0 Å². The molecule has 0 aromatic carbocycles. The van der Waals surface area contributed by atoms with Crippen LogP contribution in [0.2, 0.25) is 0 Å². The molecule has 0 saturated carbocycles. The van der Waals surface area contributed by atoms with E-state index in [1.165, 1.54) is 167 Å². The van der Waals surface area contributed by atoms with Crippen LogP contribution >= 0.6 is 7.82 Å². The monoisotopic (exact) mass is 1070 g/mol. The number of phosphoric ester groups is 1. The van der Waals surface area contributed by atoms with Crippen molar-refractivity contribution >= 4 is 13.7 Å². The first-order chi connectivity index (χ1) is 36.5. The van der Waals surface area contributed by atoms with Crippen LogP contribution in [0.3, 0.4) is 0 Å². The van der Waals surface area contributed by atoms with Crippen molar-refractivity contribution in [3.05, 3.63) is 85.1 Å². The Labute approximate surface area is 465 Å². The summed E-state index contributed by atoms with van der Waals surface area (Å²) in [5.74, 6) is -0.226. The van der Waals surface area contributed by atoms with Crippen LogP contribution in [-0.2, 0) is 18.4 Å². The Hall–Kier alpha value is -2.32. The lowest BCUT2D eigenvalue weighted by Gasteiger charge is -2.29. The highest BCUT2D eigenvalue weighted by atomic mass is 31.2. The Bertz CT molecular complexity index is 1500. The van der Waals surface area contributed by atoms with Gasteiger partial charge < -0.3 is 28.8 Å². The number of hydrogen-bond acceptors (Lipinski definition) is 6. The minimum Gasteiger partial charge on any atom is -0.756 e. The first-order valence-electron chi connectivity index (χ1n) is 31.4. The van der Waals surface area contributed by atoms with Crippen LogP contribution in [0.5, 0.6) is 0 Å². The van der Waals surface area contributed by atoms with Gasteiger partial charge in [0.25, 0.3) is 7.82 Å². The number of quaternary nitrogens is 1. The molecule has 0 spiro atoms. The van der Waals surface area contributed by atoms with Crippen molar-refractivity contribution in [3.8, 4) is 0 Å². The first kappa shape index (κ1) is 72.7. The van der Waals surface area contributed by atoms with Crippen LogP contribution in [0.4, 0.5) is 0 Å². The van der Waals surface area contributed by atoms with E-state index in [-0.39, 0.29) is 12.5 Å². The fourth-order valence-electron chi connectivity index (χ4n) is 8.96. The zero-order chi connectivity index (χ0) is 54.9. The van der Waals surface area contributed by atoms with Crippen molar-refractivity contribution in [2.24, 2.45) is 0 Å². The second kappa shape index (κ2) is 56.4. The van der Waals surface area contributed by atoms with E-state index < -0.39 is 26.6 Å². The third-order valence-corrected chi connectivity index (χ3v) is 14.8. The number of nitrogens with zero attached hydrogens (tertiary/aromatic N) is 1. The smallest absolute Gasteiger partial charge is 0.268 e. The molecule has 0 aromatic heterocycles. The molecule has 0 bridgehead atoms. The standard InChI is InChI=1S/C66H121N2O6P/c1-6-8-10-12-14-16-18-20-22-24-26-28-29-30-31-32-33-34-35-36-37-38-40-41-43-45-47-49-51-53-55-57-59-65(69)64(63-74-75(71,72)73-62-61-68(3,4)5)67-66(70)60-58-56-54-52-50-48-46-44-42-39-27-25-23-21-19-17-15-13-11-9-7-2/h9,11,15,17,21,23,27,39,44,46,49,51,57,59,64-65,69H,6-8,10,12-14,16,18-20,22,24-26,28-38,40-43,45,47-48,50,52-56,58,60-63H2,1-5H3,(H-,67,70,71,72)/b11-9-,17-15-,23-21-,39-27-,46-44-,51-49+,59-57+. The molecule has 8 nitrogen and oxygen atoms in total. The van der Waals surface area contributed by atoms with Gasteiger partial charge in [0.2, 0.25) is 5.91 Å². The Morgan fingerprint density at radius 3 is 1.24 bits per heavy atom. The summed E-state index contributed by atoms with van der Waals surface area (Å²) in [6, 6.07) is -0.921. The van der Waals surface area contributed by atoms with Crippen molar-refractivity contribution in [3.63, 3.8) is 0 Å². The maximum atomic E-state index is 13.0. The van der Waals surface area contributed by atoms with Gasteiger partial charge in [-0.05, 0) is 77.0 Å². The molecule has 3 atom stereocenters. The Balaban J connectivity index is 4.19. The third kappa shape index (κ3) is 59.2. The summed E-state index contributed by atoms with van der Waals surface area (Å²) in [6.07, 6.45) is 79.8. The maximum absolute atomic E-state index is 13.0. The van der Waals surface area contributed by atoms with E-state index in [0.29, 0.717) is 17.4 Å². The minimum atomic E-state index is -4.62. The van der Waals surface area contributed by atoms with Gasteiger partial charge in [0.05, 0.1) is 39.9 Å². The fraction of sp³-hybridized carbons (Fsp3) is 0.773. The molecule has 2 N–H and O–H groups in total. The predicted molar refractivity (Wildman–Crippen MR) is 325 cm³/mol. The number of rotatable bonds is 57. The fourth-order valence-corrected chi connectivity index (χ4v) is 9.69. The predicted octanol–water partition coefficient (Wildman–Crippen LogP) is 19.0. The Morgan fingerprint density at radius 1 is 0.480 bits per heavy atom. The number of nitrogens with one attached hydrogen (secondary N) is 1. The largest absolute Gasteiger partial charge is 0.756 e. The first-order valence-corrected chi connectivity index (χ1v) is 32.9. The van der Waals surface area contributed by atoms with Crippen LogP contribution < -0.4 is 10.2 Å². The number of phosphoric acid groups is 1. The lowest BCUT2D eigenvalue weighted by molar-refractivity contribution is -0.870. The second-order valence-corrected chi connectivity index (χ2v) is 23.8. The number of aliphatic hydroxyl groups excluding tert-OH is 1. The molecular formula is C66H121N2O6P. The minimum absolute atomic E-state index is 0.0146. The highest BCUT2D eigenvalue weighted by Crippen LogP contribution is 2.38. The van der Waals surface area contributed by atoms with Crippen LogP contribution in [0, 0.1) is 0 Å². The molecule has 0 radical (unpaired) electrons. The highest BCUT2D eigenvalue weighted by Gasteiger charge is 2.23. The van der Waals surface area contributed by atoms with Gasteiger partial charge in [0, 0.05) is 6.42 Å². The molecule has 0 aliphatic heterocycles. The quantitative estimate of drug-likeness (QED) is 0.0272. The van der Waals surface area contributed by atoms with E-state index >= 15 is 0 Å². The summed E-state index contributed by atoms with van der Waals surface area (Å²) in [7, 11) is 1.22. The van der Waals surface area contributed by atoms with Crippen molar-refractivity contribution < 1.29 is 32.9 Å². The van der Waals surface area contributed by atoms with E-state index in [4.69, 9.17) is 9.05 Å². The Morgan fingerprint density at radius 2 is 0.827 bits per heavy atom. The third-order valence-electron chi connectivity index (χ3n) is 13.8. The van der Waals surface area contributed by atoms with Crippen LogP contribution in [-0.4, -0.2) is 68.5 Å². The summed E-state index contributed by atoms with van der Waals surface area (Å²) in [6.45, 7) is 4.52. The van der Waals surface area contributed by atoms with Crippen molar-refractivity contribution in [1.82, 2.24) is 5.32 Å². The lowest BCUT2D eigenvalue weighted by atomic mass is 10.0. The highest BCUT2D eigenvalue weighted by molar-refractivity contribution is 7.45. The average Bonchev–Trinajstić information content (AvgIpc) is 3.37. The van der Waals surface area contributed by atoms with Crippen molar-refractivity contribution in [2.75, 3.05) is 40.9 Å². The van der Waals surface area contributed by atoms with E-state index in [2.05, 4.69) is 92.1 Å². The van der Waals surface area contributed by atoms with Crippen LogP contribution in [0.1, 0.15) is 277 Å². The maximum Gasteiger partial charge on any atom is 0.268 e. The van der Waals surface area contributed by atoms with Gasteiger partial charge in [-0.2, -0.15) is 0 Å². The summed E-state index contributed by atoms with van der Waals surface area (Å²) in [5.41, 5.74) is 0. The summed E-state index contributed by atoms with van der Waals surface area (Å²) in [4.78, 5) is 25.5. The van der Waals surface area contributed by atoms with E-state index in [0.717, 1.165) is 89.9 Å². The van der Waals surface area contributed by atoms with Crippen LogP contribution in [0.25, 0.3) is 0 Å². The molecule has 0 heterocycles. The zero-order valence-electron chi connectivity index (χ0n) is 49.7. The van der Waals surface area contributed by atoms with E-state index in [1.807, 2.05) is 27.2 Å². The lowest BCUT2D eigenvalue weighted by Crippen LogP contribution is -2.45. The number of hydrogen-bond donors (Lipinski definition) is 2. The molecule has 0 rings (SSSR count). The van der Waals surface area contributed by atoms with Crippen molar-refractivity contribution in [2.45, 2.75) is 289 Å². The van der Waals surface area contributed by atoms with E-state index in [1.54, 1.807) is 6.08 Å². The topological polar surface area (TPSA) is 108 Å². The number of allylic oxidation sites excluding steroid dienone is 13. The van der Waals surface area contributed by atoms with Gasteiger partial charge in [-0.1, -0.05) is 279 Å². The molecule has 436 valence electrons. The summed E-state index contributed by atoms with van der Waals surface area (Å²) in [5, 5.41) is 13.9.